The summed E-state index contributed by atoms with van der Waals surface area (Å²) >= 11 is 0. The molecule has 0 saturated carbocycles. The molecule has 4 heteroatoms. The summed E-state index contributed by atoms with van der Waals surface area (Å²) < 4.78 is 18.2. The molecule has 0 saturated heterocycles. The first-order valence-corrected chi connectivity index (χ1v) is 13.7. The maximum atomic E-state index is 6.08. The maximum Gasteiger partial charge on any atom is 0.463 e. The van der Waals surface area contributed by atoms with Crippen LogP contribution in [0.4, 0.5) is 0 Å². The van der Waals surface area contributed by atoms with Crippen LogP contribution < -0.4 is 9.05 Å². The molecule has 4 aliphatic heterocycles. The van der Waals surface area contributed by atoms with E-state index in [0.29, 0.717) is 6.61 Å². The summed E-state index contributed by atoms with van der Waals surface area (Å²) in [6.45, 7) is 7.44. The van der Waals surface area contributed by atoms with Crippen LogP contribution in [0.1, 0.15) is 103 Å². The molecule has 0 aromatic heterocycles. The van der Waals surface area contributed by atoms with Gasteiger partial charge in [-0.25, -0.2) is 0 Å². The van der Waals surface area contributed by atoms with Gasteiger partial charge >= 0.3 is 8.60 Å². The highest BCUT2D eigenvalue weighted by molar-refractivity contribution is 7.42. The van der Waals surface area contributed by atoms with E-state index in [1.807, 2.05) is 24.3 Å². The van der Waals surface area contributed by atoms with Gasteiger partial charge < -0.3 is 9.05 Å². The molecule has 0 spiro atoms. The lowest BCUT2D eigenvalue weighted by Crippen LogP contribution is -2.19. The van der Waals surface area contributed by atoms with Gasteiger partial charge in [-0.3, -0.25) is 4.52 Å². The molecule has 4 bridgehead atoms. The summed E-state index contributed by atoms with van der Waals surface area (Å²) in [6, 6.07) is 16.7. The first-order chi connectivity index (χ1) is 15.6. The lowest BCUT2D eigenvalue weighted by Gasteiger charge is -2.27. The highest BCUT2D eigenvalue weighted by Gasteiger charge is 2.25. The minimum Gasteiger partial charge on any atom is -0.418 e. The van der Waals surface area contributed by atoms with Crippen molar-refractivity contribution < 1.29 is 13.6 Å². The molecule has 0 radical (unpaired) electrons. The quantitative estimate of drug-likeness (QED) is 0.222. The first kappa shape index (κ1) is 25.1. The largest absolute Gasteiger partial charge is 0.463 e. The van der Waals surface area contributed by atoms with Crippen LogP contribution in [-0.4, -0.2) is 6.61 Å². The van der Waals surface area contributed by atoms with E-state index in [1.165, 1.54) is 75.3 Å². The Hall–Kier alpha value is -1.57. The third-order valence-electron chi connectivity index (χ3n) is 6.46. The van der Waals surface area contributed by atoms with Crippen LogP contribution >= 0.6 is 8.60 Å². The Kier molecular flexibility index (Phi) is 10.3. The Morgan fingerprint density at radius 2 is 1.03 bits per heavy atom. The van der Waals surface area contributed by atoms with Gasteiger partial charge in [-0.15, -0.1) is 0 Å². The smallest absolute Gasteiger partial charge is 0.418 e. The van der Waals surface area contributed by atoms with Gasteiger partial charge in [-0.1, -0.05) is 109 Å². The van der Waals surface area contributed by atoms with Crippen molar-refractivity contribution in [2.75, 3.05) is 6.61 Å². The van der Waals surface area contributed by atoms with E-state index < -0.39 is 8.60 Å². The van der Waals surface area contributed by atoms with E-state index in [4.69, 9.17) is 13.6 Å². The number of benzene rings is 2. The van der Waals surface area contributed by atoms with E-state index in [1.54, 1.807) is 0 Å². The van der Waals surface area contributed by atoms with Gasteiger partial charge in [-0.05, 0) is 41.8 Å². The lowest BCUT2D eigenvalue weighted by molar-refractivity contribution is 0.258. The molecule has 0 aliphatic carbocycles. The summed E-state index contributed by atoms with van der Waals surface area (Å²) in [4.78, 5) is 0. The van der Waals surface area contributed by atoms with Gasteiger partial charge in [0.05, 0.1) is 6.61 Å². The van der Waals surface area contributed by atoms with Gasteiger partial charge in [0, 0.05) is 5.41 Å². The monoisotopic (exact) mass is 456 g/mol. The average Bonchev–Trinajstić information content (AvgIpc) is 2.79. The number of rotatable bonds is 13. The second-order valence-electron chi connectivity index (χ2n) is 9.45. The van der Waals surface area contributed by atoms with Crippen molar-refractivity contribution in [3.63, 3.8) is 0 Å². The van der Waals surface area contributed by atoms with Crippen LogP contribution in [0.15, 0.2) is 48.5 Å². The van der Waals surface area contributed by atoms with Crippen LogP contribution in [0.5, 0.6) is 11.5 Å². The standard InChI is InChI=1S/C28H41O3P/c1-4-5-6-7-8-9-10-11-12-13-14-23-29-32-30-26-19-15-24(16-20-26)28(2,3)25-17-21-27(31-32)22-18-25/h15-22H,4-14,23H2,1-3H3. The molecule has 0 fully saturated rings. The third-order valence-corrected chi connectivity index (χ3v) is 7.57. The van der Waals surface area contributed by atoms with Crippen molar-refractivity contribution in [1.82, 2.24) is 0 Å². The second kappa shape index (κ2) is 13.2. The summed E-state index contributed by atoms with van der Waals surface area (Å²) in [5.41, 5.74) is 2.47. The molecular weight excluding hydrogens is 415 g/mol. The zero-order valence-corrected chi connectivity index (χ0v) is 21.2. The van der Waals surface area contributed by atoms with Gasteiger partial charge in [0.2, 0.25) is 0 Å². The molecule has 0 amide bonds. The molecule has 0 atom stereocenters. The highest BCUT2D eigenvalue weighted by Crippen LogP contribution is 2.44. The summed E-state index contributed by atoms with van der Waals surface area (Å²) in [7, 11) is -1.47. The van der Waals surface area contributed by atoms with E-state index >= 15 is 0 Å². The fraction of sp³-hybridized carbons (Fsp3) is 0.571. The van der Waals surface area contributed by atoms with Crippen LogP contribution in [0.3, 0.4) is 0 Å². The predicted octanol–water partition coefficient (Wildman–Crippen LogP) is 9.34. The molecule has 0 N–H and O–H groups in total. The first-order valence-electron chi connectivity index (χ1n) is 12.6. The second-order valence-corrected chi connectivity index (χ2v) is 10.5. The van der Waals surface area contributed by atoms with Gasteiger partial charge in [0.25, 0.3) is 0 Å². The molecule has 6 rings (SSSR count). The van der Waals surface area contributed by atoms with Crippen molar-refractivity contribution in [2.45, 2.75) is 96.8 Å². The molecule has 4 aliphatic rings. The third kappa shape index (κ3) is 7.78. The number of hydrogen-bond acceptors (Lipinski definition) is 3. The van der Waals surface area contributed by atoms with E-state index in [-0.39, 0.29) is 5.41 Å². The predicted molar refractivity (Wildman–Crippen MR) is 136 cm³/mol. The number of unbranched alkanes of at least 4 members (excludes halogenated alkanes) is 10. The van der Waals surface area contributed by atoms with Gasteiger partial charge in [0.15, 0.2) is 0 Å². The SMILES string of the molecule is CCCCCCCCCCCCCOP1Oc2ccc(cc2)C(C)(C)c2ccc(cc2)O1. The van der Waals surface area contributed by atoms with Crippen LogP contribution in [0.25, 0.3) is 0 Å². The molecule has 3 nitrogen and oxygen atoms in total. The Morgan fingerprint density at radius 1 is 0.625 bits per heavy atom. The summed E-state index contributed by atoms with van der Waals surface area (Å²) in [6.07, 6.45) is 14.6. The fourth-order valence-electron chi connectivity index (χ4n) is 4.18. The highest BCUT2D eigenvalue weighted by atomic mass is 31.2. The van der Waals surface area contributed by atoms with Gasteiger partial charge in [0.1, 0.15) is 11.5 Å². The summed E-state index contributed by atoms with van der Waals surface area (Å²) in [5, 5.41) is 0. The topological polar surface area (TPSA) is 27.7 Å². The zero-order chi connectivity index (χ0) is 22.7. The van der Waals surface area contributed by atoms with Crippen molar-refractivity contribution >= 4 is 8.60 Å². The fourth-order valence-corrected chi connectivity index (χ4v) is 5.19. The minimum atomic E-state index is -1.47. The minimum absolute atomic E-state index is 0.0630. The zero-order valence-electron chi connectivity index (χ0n) is 20.3. The van der Waals surface area contributed by atoms with E-state index in [2.05, 4.69) is 45.0 Å². The maximum absolute atomic E-state index is 6.08. The Labute approximate surface area is 196 Å². The molecule has 4 heterocycles. The van der Waals surface area contributed by atoms with Crippen LogP contribution in [0.2, 0.25) is 0 Å². The van der Waals surface area contributed by atoms with Crippen molar-refractivity contribution in [1.29, 1.82) is 0 Å². The molecule has 0 unspecified atom stereocenters. The summed E-state index contributed by atoms with van der Waals surface area (Å²) in [5.74, 6) is 1.59. The number of hydrogen-bond donors (Lipinski definition) is 0. The lowest BCUT2D eigenvalue weighted by atomic mass is 9.78. The molecule has 176 valence electrons. The van der Waals surface area contributed by atoms with Crippen LogP contribution in [-0.2, 0) is 9.94 Å². The van der Waals surface area contributed by atoms with E-state index in [9.17, 15) is 0 Å². The molecular formula is C28H41O3P. The van der Waals surface area contributed by atoms with Gasteiger partial charge in [-0.2, -0.15) is 0 Å². The average molecular weight is 457 g/mol. The Balaban J connectivity index is 1.40. The Bertz CT molecular complexity index is 719. The normalized spacial score (nSPS) is 15.1. The Morgan fingerprint density at radius 3 is 1.47 bits per heavy atom. The van der Waals surface area contributed by atoms with Crippen molar-refractivity contribution in [3.8, 4) is 11.5 Å². The van der Waals surface area contributed by atoms with E-state index in [0.717, 1.165) is 17.9 Å². The molecule has 2 aromatic carbocycles. The van der Waals surface area contributed by atoms with Crippen molar-refractivity contribution in [2.24, 2.45) is 0 Å². The molecule has 32 heavy (non-hydrogen) atoms. The van der Waals surface area contributed by atoms with Crippen molar-refractivity contribution in [3.05, 3.63) is 59.7 Å². The molecule has 2 aromatic rings. The van der Waals surface area contributed by atoms with Crippen LogP contribution in [0, 0.1) is 0 Å².